The van der Waals surface area contributed by atoms with Crippen LogP contribution in [0.1, 0.15) is 27.7 Å². The van der Waals surface area contributed by atoms with Crippen molar-refractivity contribution in [2.24, 2.45) is 4.99 Å². The van der Waals surface area contributed by atoms with Gasteiger partial charge in [0.15, 0.2) is 5.96 Å². The van der Waals surface area contributed by atoms with E-state index in [-0.39, 0.29) is 6.09 Å². The molecule has 0 rings (SSSR count). The second-order valence-corrected chi connectivity index (χ2v) is 6.46. The monoisotopic (exact) mass is 318 g/mol. The number of amides is 1. The van der Waals surface area contributed by atoms with Gasteiger partial charge in [-0.05, 0) is 34.0 Å². The second-order valence-electron chi connectivity index (χ2n) is 5.48. The van der Waals surface area contributed by atoms with E-state index in [0.29, 0.717) is 19.6 Å². The molecule has 1 amide bonds. The van der Waals surface area contributed by atoms with Crippen molar-refractivity contribution in [3.8, 4) is 0 Å². The first kappa shape index (κ1) is 19.9. The Morgan fingerprint density at radius 1 is 1.29 bits per heavy atom. The van der Waals surface area contributed by atoms with Crippen LogP contribution in [0.5, 0.6) is 0 Å². The highest BCUT2D eigenvalue weighted by Gasteiger charge is 2.20. The minimum Gasteiger partial charge on any atom is -0.444 e. The molecule has 0 aromatic carbocycles. The van der Waals surface area contributed by atoms with Gasteiger partial charge in [0.05, 0.1) is 0 Å². The SMILES string of the molecule is CCN(CCNC(=NC)NCCSC)C(=O)OC(C)(C)C. The summed E-state index contributed by atoms with van der Waals surface area (Å²) in [5.41, 5.74) is -0.465. The van der Waals surface area contributed by atoms with Crippen LogP contribution in [-0.4, -0.2) is 67.8 Å². The molecule has 0 aliphatic heterocycles. The Balaban J connectivity index is 4.13. The first-order chi connectivity index (χ1) is 9.84. The van der Waals surface area contributed by atoms with Crippen LogP contribution in [0.2, 0.25) is 0 Å². The number of guanidine groups is 1. The molecule has 6 nitrogen and oxygen atoms in total. The van der Waals surface area contributed by atoms with E-state index in [1.54, 1.807) is 23.7 Å². The van der Waals surface area contributed by atoms with Crippen LogP contribution in [0.15, 0.2) is 4.99 Å². The predicted octanol–water partition coefficient (Wildman–Crippen LogP) is 1.77. The Morgan fingerprint density at radius 3 is 2.38 bits per heavy atom. The van der Waals surface area contributed by atoms with Crippen LogP contribution in [0.25, 0.3) is 0 Å². The molecule has 21 heavy (non-hydrogen) atoms. The van der Waals surface area contributed by atoms with E-state index in [1.165, 1.54) is 0 Å². The maximum Gasteiger partial charge on any atom is 0.410 e. The molecule has 0 aliphatic carbocycles. The number of thioether (sulfide) groups is 1. The van der Waals surface area contributed by atoms with Gasteiger partial charge in [0, 0.05) is 39.0 Å². The minimum atomic E-state index is -0.465. The number of nitrogens with zero attached hydrogens (tertiary/aromatic N) is 2. The molecule has 0 saturated carbocycles. The third-order valence-corrected chi connectivity index (χ3v) is 3.14. The predicted molar refractivity (Wildman–Crippen MR) is 91.2 cm³/mol. The fourth-order valence-electron chi connectivity index (χ4n) is 1.51. The summed E-state index contributed by atoms with van der Waals surface area (Å²) in [5, 5.41) is 6.40. The summed E-state index contributed by atoms with van der Waals surface area (Å²) in [6.45, 7) is 10.2. The Kier molecular flexibility index (Phi) is 10.0. The van der Waals surface area contributed by atoms with Crippen LogP contribution in [-0.2, 0) is 4.74 Å². The van der Waals surface area contributed by atoms with Crippen molar-refractivity contribution in [2.45, 2.75) is 33.3 Å². The second kappa shape index (κ2) is 10.6. The van der Waals surface area contributed by atoms with Crippen molar-refractivity contribution < 1.29 is 9.53 Å². The van der Waals surface area contributed by atoms with Gasteiger partial charge < -0.3 is 20.3 Å². The highest BCUT2D eigenvalue weighted by atomic mass is 32.2. The zero-order valence-electron chi connectivity index (χ0n) is 14.2. The molecule has 0 heterocycles. The van der Waals surface area contributed by atoms with Crippen molar-refractivity contribution in [1.29, 1.82) is 0 Å². The Hall–Kier alpha value is -1.11. The maximum absolute atomic E-state index is 12.0. The van der Waals surface area contributed by atoms with Crippen LogP contribution in [0, 0.1) is 0 Å². The van der Waals surface area contributed by atoms with E-state index in [2.05, 4.69) is 21.9 Å². The molecule has 0 aromatic heterocycles. The van der Waals surface area contributed by atoms with E-state index >= 15 is 0 Å². The van der Waals surface area contributed by atoms with Gasteiger partial charge in [-0.15, -0.1) is 0 Å². The van der Waals surface area contributed by atoms with Crippen LogP contribution < -0.4 is 10.6 Å². The van der Waals surface area contributed by atoms with Crippen molar-refractivity contribution in [1.82, 2.24) is 15.5 Å². The average Bonchev–Trinajstić information content (AvgIpc) is 2.39. The molecule has 0 atom stereocenters. The van der Waals surface area contributed by atoms with Crippen molar-refractivity contribution in [3.05, 3.63) is 0 Å². The summed E-state index contributed by atoms with van der Waals surface area (Å²) < 4.78 is 5.36. The number of aliphatic imine (C=N–C) groups is 1. The Labute approximate surface area is 133 Å². The summed E-state index contributed by atoms with van der Waals surface area (Å²) in [7, 11) is 1.74. The number of ether oxygens (including phenoxy) is 1. The summed E-state index contributed by atoms with van der Waals surface area (Å²) in [6, 6.07) is 0. The standard InChI is InChI=1S/C14H30N4O2S/c1-7-18(13(19)20-14(2,3)4)10-8-16-12(15-5)17-9-11-21-6/h7-11H2,1-6H3,(H2,15,16,17). The van der Waals surface area contributed by atoms with Gasteiger partial charge in [-0.2, -0.15) is 11.8 Å². The van der Waals surface area contributed by atoms with E-state index < -0.39 is 5.60 Å². The molecule has 0 aliphatic rings. The summed E-state index contributed by atoms with van der Waals surface area (Å²) >= 11 is 1.78. The molecule has 0 aromatic rings. The smallest absolute Gasteiger partial charge is 0.410 e. The first-order valence-electron chi connectivity index (χ1n) is 7.25. The van der Waals surface area contributed by atoms with E-state index in [9.17, 15) is 4.79 Å². The molecule has 0 fully saturated rings. The number of likely N-dealkylation sites (N-methyl/N-ethyl adjacent to an activating group) is 1. The van der Waals surface area contributed by atoms with Gasteiger partial charge in [0.25, 0.3) is 0 Å². The Bertz CT molecular complexity index is 329. The zero-order valence-corrected chi connectivity index (χ0v) is 15.0. The number of rotatable bonds is 7. The highest BCUT2D eigenvalue weighted by Crippen LogP contribution is 2.09. The molecule has 0 bridgehead atoms. The lowest BCUT2D eigenvalue weighted by Gasteiger charge is -2.26. The fraction of sp³-hybridized carbons (Fsp3) is 0.857. The Morgan fingerprint density at radius 2 is 1.90 bits per heavy atom. The molecule has 0 spiro atoms. The summed E-state index contributed by atoms with van der Waals surface area (Å²) in [6.07, 6.45) is 1.79. The van der Waals surface area contributed by atoms with Crippen molar-refractivity contribution in [2.75, 3.05) is 45.2 Å². The van der Waals surface area contributed by atoms with E-state index in [1.807, 2.05) is 27.7 Å². The van der Waals surface area contributed by atoms with Crippen molar-refractivity contribution >= 4 is 23.8 Å². The molecule has 0 saturated heterocycles. The molecule has 2 N–H and O–H groups in total. The average molecular weight is 318 g/mol. The summed E-state index contributed by atoms with van der Waals surface area (Å²) in [5.74, 6) is 1.78. The van der Waals surface area contributed by atoms with Crippen molar-refractivity contribution in [3.63, 3.8) is 0 Å². The molecule has 7 heteroatoms. The minimum absolute atomic E-state index is 0.280. The molecule has 0 radical (unpaired) electrons. The maximum atomic E-state index is 12.0. The molecule has 124 valence electrons. The molecular weight excluding hydrogens is 288 g/mol. The molecular formula is C14H30N4O2S. The van der Waals surface area contributed by atoms with Gasteiger partial charge in [-0.1, -0.05) is 0 Å². The molecule has 0 unspecified atom stereocenters. The summed E-state index contributed by atoms with van der Waals surface area (Å²) in [4.78, 5) is 17.8. The largest absolute Gasteiger partial charge is 0.444 e. The third kappa shape index (κ3) is 10.3. The van der Waals surface area contributed by atoms with Gasteiger partial charge in [-0.25, -0.2) is 4.79 Å². The topological polar surface area (TPSA) is 66.0 Å². The van der Waals surface area contributed by atoms with Crippen LogP contribution in [0.4, 0.5) is 4.79 Å². The van der Waals surface area contributed by atoms with Gasteiger partial charge in [0.1, 0.15) is 5.60 Å². The van der Waals surface area contributed by atoms with Crippen LogP contribution >= 0.6 is 11.8 Å². The number of nitrogens with one attached hydrogen (secondary N) is 2. The highest BCUT2D eigenvalue weighted by molar-refractivity contribution is 7.98. The lowest BCUT2D eigenvalue weighted by atomic mass is 10.2. The zero-order chi connectivity index (χ0) is 16.3. The van der Waals surface area contributed by atoms with Gasteiger partial charge in [-0.3, -0.25) is 4.99 Å². The third-order valence-electron chi connectivity index (χ3n) is 2.53. The number of hydrogen-bond donors (Lipinski definition) is 2. The normalized spacial score (nSPS) is 12.0. The lowest BCUT2D eigenvalue weighted by Crippen LogP contribution is -2.44. The lowest BCUT2D eigenvalue weighted by molar-refractivity contribution is 0.0264. The number of carbonyl (C=O) groups is 1. The number of carbonyl (C=O) groups excluding carboxylic acids is 1. The van der Waals surface area contributed by atoms with Gasteiger partial charge >= 0.3 is 6.09 Å². The van der Waals surface area contributed by atoms with E-state index in [0.717, 1.165) is 18.3 Å². The first-order valence-corrected chi connectivity index (χ1v) is 8.64. The quantitative estimate of drug-likeness (QED) is 0.425. The van der Waals surface area contributed by atoms with E-state index in [4.69, 9.17) is 4.74 Å². The fourth-order valence-corrected chi connectivity index (χ4v) is 1.81. The van der Waals surface area contributed by atoms with Crippen LogP contribution in [0.3, 0.4) is 0 Å². The number of hydrogen-bond acceptors (Lipinski definition) is 4. The van der Waals surface area contributed by atoms with Gasteiger partial charge in [0.2, 0.25) is 0 Å².